The van der Waals surface area contributed by atoms with Gasteiger partial charge in [0.15, 0.2) is 0 Å². The van der Waals surface area contributed by atoms with Crippen LogP contribution in [0.5, 0.6) is 0 Å². The summed E-state index contributed by atoms with van der Waals surface area (Å²) in [6.07, 6.45) is 0. The molecule has 1 rings (SSSR count). The molecule has 0 saturated heterocycles. The molecule has 15 heavy (non-hydrogen) atoms. The number of benzene rings is 1. The Hall–Kier alpha value is -1.58. The van der Waals surface area contributed by atoms with E-state index in [-0.39, 0.29) is 0 Å². The Morgan fingerprint density at radius 2 is 2.13 bits per heavy atom. The van der Waals surface area contributed by atoms with Crippen molar-refractivity contribution in [3.8, 4) is 6.07 Å². The van der Waals surface area contributed by atoms with Crippen molar-refractivity contribution in [2.45, 2.75) is 0 Å². The molecule has 1 N–H and O–H groups in total. The van der Waals surface area contributed by atoms with Gasteiger partial charge >= 0.3 is 10.2 Å². The highest BCUT2D eigenvalue weighted by Crippen LogP contribution is 2.16. The van der Waals surface area contributed by atoms with Crippen molar-refractivity contribution in [1.29, 1.82) is 5.26 Å². The molecule has 0 spiro atoms. The third-order valence-electron chi connectivity index (χ3n) is 1.96. The topological polar surface area (TPSA) is 73.2 Å². The molecule has 0 bridgehead atoms. The molecule has 0 radical (unpaired) electrons. The Morgan fingerprint density at radius 1 is 1.47 bits per heavy atom. The normalized spacial score (nSPS) is 10.7. The Balaban J connectivity index is 3.13. The molecular weight excluding hydrogens is 214 g/mol. The highest BCUT2D eigenvalue weighted by atomic mass is 32.2. The van der Waals surface area contributed by atoms with Crippen LogP contribution in [-0.2, 0) is 10.2 Å². The highest BCUT2D eigenvalue weighted by molar-refractivity contribution is 7.90. The molecule has 0 aliphatic carbocycles. The van der Waals surface area contributed by atoms with E-state index in [1.54, 1.807) is 18.2 Å². The Labute approximate surface area is 89.1 Å². The van der Waals surface area contributed by atoms with Crippen molar-refractivity contribution < 1.29 is 8.42 Å². The van der Waals surface area contributed by atoms with Gasteiger partial charge in [-0.1, -0.05) is 6.07 Å². The first-order valence-corrected chi connectivity index (χ1v) is 5.63. The standard InChI is InChI=1S/C9H11N3O2S/c1-11-15(13,14)12(2)9-5-3-4-8(6-9)7-10/h3-6,11H,1-2H3. The van der Waals surface area contributed by atoms with Crippen molar-refractivity contribution in [2.24, 2.45) is 0 Å². The molecule has 0 amide bonds. The van der Waals surface area contributed by atoms with E-state index < -0.39 is 10.2 Å². The van der Waals surface area contributed by atoms with E-state index in [4.69, 9.17) is 5.26 Å². The maximum atomic E-state index is 11.4. The van der Waals surface area contributed by atoms with Crippen LogP contribution < -0.4 is 9.03 Å². The molecule has 0 aromatic heterocycles. The average Bonchev–Trinajstić information content (AvgIpc) is 2.28. The molecule has 1 aromatic rings. The van der Waals surface area contributed by atoms with Crippen molar-refractivity contribution >= 4 is 15.9 Å². The SMILES string of the molecule is CNS(=O)(=O)N(C)c1cccc(C#N)c1. The number of rotatable bonds is 3. The zero-order valence-corrected chi connectivity index (χ0v) is 9.25. The number of nitrogens with one attached hydrogen (secondary N) is 1. The van der Waals surface area contributed by atoms with E-state index in [2.05, 4.69) is 4.72 Å². The van der Waals surface area contributed by atoms with Crippen molar-refractivity contribution in [2.75, 3.05) is 18.4 Å². The van der Waals surface area contributed by atoms with Crippen LogP contribution in [0.25, 0.3) is 0 Å². The quantitative estimate of drug-likeness (QED) is 0.812. The lowest BCUT2D eigenvalue weighted by Crippen LogP contribution is -2.35. The first-order chi connectivity index (χ1) is 7.01. The van der Waals surface area contributed by atoms with E-state index in [1.165, 1.54) is 20.2 Å². The molecule has 0 saturated carbocycles. The predicted molar refractivity (Wildman–Crippen MR) is 57.5 cm³/mol. The van der Waals surface area contributed by atoms with E-state index in [0.717, 1.165) is 4.31 Å². The zero-order chi connectivity index (χ0) is 11.5. The van der Waals surface area contributed by atoms with Gasteiger partial charge in [0.2, 0.25) is 0 Å². The van der Waals surface area contributed by atoms with Crippen LogP contribution in [0.1, 0.15) is 5.56 Å². The molecule has 0 heterocycles. The maximum Gasteiger partial charge on any atom is 0.301 e. The number of hydrogen-bond acceptors (Lipinski definition) is 3. The van der Waals surface area contributed by atoms with Gasteiger partial charge in [-0.05, 0) is 18.2 Å². The van der Waals surface area contributed by atoms with Crippen molar-refractivity contribution in [3.05, 3.63) is 29.8 Å². The Morgan fingerprint density at radius 3 is 2.67 bits per heavy atom. The van der Waals surface area contributed by atoms with Gasteiger partial charge in [0.1, 0.15) is 0 Å². The summed E-state index contributed by atoms with van der Waals surface area (Å²) in [6.45, 7) is 0. The predicted octanol–water partition coefficient (Wildman–Crippen LogP) is 0.459. The van der Waals surface area contributed by atoms with Gasteiger partial charge in [0.25, 0.3) is 0 Å². The van der Waals surface area contributed by atoms with Crippen LogP contribution >= 0.6 is 0 Å². The molecular formula is C9H11N3O2S. The van der Waals surface area contributed by atoms with Gasteiger partial charge in [-0.2, -0.15) is 13.7 Å². The maximum absolute atomic E-state index is 11.4. The summed E-state index contributed by atoms with van der Waals surface area (Å²) in [5.74, 6) is 0. The van der Waals surface area contributed by atoms with Gasteiger partial charge in [0, 0.05) is 14.1 Å². The lowest BCUT2D eigenvalue weighted by Gasteiger charge is -2.18. The minimum absolute atomic E-state index is 0.422. The summed E-state index contributed by atoms with van der Waals surface area (Å²) >= 11 is 0. The minimum Gasteiger partial charge on any atom is -0.261 e. The molecule has 0 unspecified atom stereocenters. The molecule has 80 valence electrons. The molecule has 0 atom stereocenters. The zero-order valence-electron chi connectivity index (χ0n) is 8.43. The smallest absolute Gasteiger partial charge is 0.261 e. The second-order valence-corrected chi connectivity index (χ2v) is 4.74. The monoisotopic (exact) mass is 225 g/mol. The minimum atomic E-state index is -3.50. The number of nitriles is 1. The van der Waals surface area contributed by atoms with Gasteiger partial charge in [0.05, 0.1) is 17.3 Å². The van der Waals surface area contributed by atoms with E-state index in [0.29, 0.717) is 11.3 Å². The summed E-state index contributed by atoms with van der Waals surface area (Å²) in [6, 6.07) is 8.33. The molecule has 0 aliphatic rings. The summed E-state index contributed by atoms with van der Waals surface area (Å²) in [5, 5.41) is 8.67. The molecule has 5 nitrogen and oxygen atoms in total. The number of nitrogens with zero attached hydrogens (tertiary/aromatic N) is 2. The lowest BCUT2D eigenvalue weighted by atomic mass is 10.2. The van der Waals surface area contributed by atoms with Gasteiger partial charge in [-0.15, -0.1) is 0 Å². The molecule has 6 heteroatoms. The van der Waals surface area contributed by atoms with Gasteiger partial charge in [-0.3, -0.25) is 4.31 Å². The molecule has 0 fully saturated rings. The van der Waals surface area contributed by atoms with E-state index >= 15 is 0 Å². The fourth-order valence-electron chi connectivity index (χ4n) is 1.05. The Kier molecular flexibility index (Phi) is 3.29. The average molecular weight is 225 g/mol. The highest BCUT2D eigenvalue weighted by Gasteiger charge is 2.15. The summed E-state index contributed by atoms with van der Waals surface area (Å²) in [5.41, 5.74) is 0.869. The fraction of sp³-hybridized carbons (Fsp3) is 0.222. The summed E-state index contributed by atoms with van der Waals surface area (Å²) in [4.78, 5) is 0. The van der Waals surface area contributed by atoms with E-state index in [1.807, 2.05) is 6.07 Å². The van der Waals surface area contributed by atoms with Crippen LogP contribution in [-0.4, -0.2) is 22.5 Å². The molecule has 0 aliphatic heterocycles. The largest absolute Gasteiger partial charge is 0.301 e. The van der Waals surface area contributed by atoms with Crippen LogP contribution in [0, 0.1) is 11.3 Å². The lowest BCUT2D eigenvalue weighted by molar-refractivity contribution is 0.586. The van der Waals surface area contributed by atoms with E-state index in [9.17, 15) is 8.42 Å². The van der Waals surface area contributed by atoms with Crippen molar-refractivity contribution in [1.82, 2.24) is 4.72 Å². The molecule has 1 aromatic carbocycles. The number of anilines is 1. The van der Waals surface area contributed by atoms with Gasteiger partial charge in [-0.25, -0.2) is 4.72 Å². The fourth-order valence-corrected chi connectivity index (χ4v) is 1.71. The van der Waals surface area contributed by atoms with Gasteiger partial charge < -0.3 is 0 Å². The second kappa shape index (κ2) is 4.29. The third-order valence-corrected chi connectivity index (χ3v) is 3.41. The van der Waals surface area contributed by atoms with Crippen LogP contribution in [0.15, 0.2) is 24.3 Å². The van der Waals surface area contributed by atoms with Crippen LogP contribution in [0.2, 0.25) is 0 Å². The van der Waals surface area contributed by atoms with Crippen LogP contribution in [0.3, 0.4) is 0 Å². The van der Waals surface area contributed by atoms with Crippen LogP contribution in [0.4, 0.5) is 5.69 Å². The van der Waals surface area contributed by atoms with Crippen molar-refractivity contribution in [3.63, 3.8) is 0 Å². The second-order valence-electron chi connectivity index (χ2n) is 2.84. The first kappa shape index (κ1) is 11.5. The first-order valence-electron chi connectivity index (χ1n) is 4.19. The third kappa shape index (κ3) is 2.46. The summed E-state index contributed by atoms with van der Waals surface area (Å²) < 4.78 is 26.1. The number of hydrogen-bond donors (Lipinski definition) is 1. The Bertz CT molecular complexity index is 490. The summed E-state index contributed by atoms with van der Waals surface area (Å²) in [7, 11) is -0.750.